The molecular formula is C16H14ClN3O2S. The average molecular weight is 348 g/mol. The minimum Gasteiger partial charge on any atom is -0.364 e. The largest absolute Gasteiger partial charge is 0.364 e. The molecule has 0 spiro atoms. The van der Waals surface area contributed by atoms with Crippen LogP contribution in [0.25, 0.3) is 10.9 Å². The molecule has 3 aromatic rings. The summed E-state index contributed by atoms with van der Waals surface area (Å²) in [5, 5.41) is 1.11. The third kappa shape index (κ3) is 3.29. The molecule has 1 heterocycles. The van der Waals surface area contributed by atoms with Gasteiger partial charge in [-0.25, -0.2) is 8.93 Å². The number of nitrogens with two attached hydrogens (primary N) is 1. The number of rotatable bonds is 5. The fourth-order valence-electron chi connectivity index (χ4n) is 2.32. The number of nitrogens with one attached hydrogen (secondary N) is 2. The second-order valence-electron chi connectivity index (χ2n) is 4.96. The molecule has 0 radical (unpaired) electrons. The molecule has 1 unspecified atom stereocenters. The molecular weight excluding hydrogens is 334 g/mol. The van der Waals surface area contributed by atoms with E-state index in [0.717, 1.165) is 5.56 Å². The Bertz CT molecular complexity index is 893. The molecule has 2 aromatic carbocycles. The summed E-state index contributed by atoms with van der Waals surface area (Å²) in [6.45, 7) is 0.402. The Balaban J connectivity index is 1.96. The number of aromatic nitrogens is 1. The van der Waals surface area contributed by atoms with Gasteiger partial charge in [-0.3, -0.25) is 4.79 Å². The zero-order chi connectivity index (χ0) is 16.4. The van der Waals surface area contributed by atoms with E-state index in [1.54, 1.807) is 18.2 Å². The Morgan fingerprint density at radius 1 is 1.22 bits per heavy atom. The molecule has 0 bridgehead atoms. The van der Waals surface area contributed by atoms with Gasteiger partial charge in [-0.2, -0.15) is 0 Å². The topological polar surface area (TPSA) is 88.0 Å². The lowest BCUT2D eigenvalue weighted by molar-refractivity contribution is 0.0993. The van der Waals surface area contributed by atoms with E-state index in [-0.39, 0.29) is 5.69 Å². The van der Waals surface area contributed by atoms with Crippen LogP contribution in [0.5, 0.6) is 0 Å². The van der Waals surface area contributed by atoms with Crippen molar-refractivity contribution >= 4 is 39.4 Å². The third-order valence-corrected chi connectivity index (χ3v) is 4.83. The lowest BCUT2D eigenvalue weighted by Gasteiger charge is -2.06. The molecule has 0 aliphatic rings. The number of halogens is 1. The minimum absolute atomic E-state index is 0.126. The summed E-state index contributed by atoms with van der Waals surface area (Å²) in [4.78, 5) is 14.9. The second-order valence-corrected chi connectivity index (χ2v) is 6.63. The van der Waals surface area contributed by atoms with Crippen LogP contribution in [0.2, 0.25) is 5.02 Å². The highest BCUT2D eigenvalue weighted by Gasteiger charge is 2.21. The number of fused-ring (bicyclic) bond motifs is 1. The number of carbonyl (C=O) groups is 1. The van der Waals surface area contributed by atoms with E-state index in [1.165, 1.54) is 0 Å². The van der Waals surface area contributed by atoms with Crippen LogP contribution in [0.4, 0.5) is 0 Å². The number of amides is 1. The van der Waals surface area contributed by atoms with Crippen molar-refractivity contribution < 1.29 is 9.00 Å². The monoisotopic (exact) mass is 347 g/mol. The molecule has 4 N–H and O–H groups in total. The van der Waals surface area contributed by atoms with Gasteiger partial charge in [-0.05, 0) is 23.8 Å². The maximum absolute atomic E-state index is 12.7. The highest BCUT2D eigenvalue weighted by molar-refractivity contribution is 7.83. The third-order valence-electron chi connectivity index (χ3n) is 3.39. The first-order valence-electron chi connectivity index (χ1n) is 6.86. The molecule has 1 atom stereocenters. The van der Waals surface area contributed by atoms with E-state index in [9.17, 15) is 9.00 Å². The number of primary amides is 1. The smallest absolute Gasteiger partial charge is 0.266 e. The highest BCUT2D eigenvalue weighted by atomic mass is 35.5. The Morgan fingerprint density at radius 3 is 2.65 bits per heavy atom. The van der Waals surface area contributed by atoms with Crippen LogP contribution in [0, 0.1) is 0 Å². The number of hydrogen-bond acceptors (Lipinski definition) is 2. The standard InChI is InChI=1S/C16H14ClN3O2S/c17-11-6-7-13-12(8-11)15(14(20-13)16(18)21)23(22)19-9-10-4-2-1-3-5-10/h1-8,19-20H,9H2,(H2,18,21). The van der Waals surface area contributed by atoms with Crippen LogP contribution < -0.4 is 10.5 Å². The highest BCUT2D eigenvalue weighted by Crippen LogP contribution is 2.27. The summed E-state index contributed by atoms with van der Waals surface area (Å²) >= 11 is 6.01. The maximum atomic E-state index is 12.7. The molecule has 7 heteroatoms. The summed E-state index contributed by atoms with van der Waals surface area (Å²) in [5.74, 6) is -0.665. The molecule has 0 aliphatic carbocycles. The van der Waals surface area contributed by atoms with E-state index < -0.39 is 16.9 Å². The summed E-state index contributed by atoms with van der Waals surface area (Å²) in [7, 11) is -1.61. The van der Waals surface area contributed by atoms with Gasteiger partial charge in [0.1, 0.15) is 16.7 Å². The maximum Gasteiger partial charge on any atom is 0.266 e. The van der Waals surface area contributed by atoms with Gasteiger partial charge in [0.2, 0.25) is 0 Å². The van der Waals surface area contributed by atoms with Crippen molar-refractivity contribution in [1.29, 1.82) is 0 Å². The fourth-order valence-corrected chi connectivity index (χ4v) is 3.64. The fraction of sp³-hybridized carbons (Fsp3) is 0.0625. The molecule has 0 aliphatic heterocycles. The first-order valence-corrected chi connectivity index (χ1v) is 8.39. The van der Waals surface area contributed by atoms with Gasteiger partial charge in [0.25, 0.3) is 5.91 Å². The van der Waals surface area contributed by atoms with E-state index in [0.29, 0.717) is 27.4 Å². The lowest BCUT2D eigenvalue weighted by atomic mass is 10.2. The second kappa shape index (κ2) is 6.54. The van der Waals surface area contributed by atoms with Gasteiger partial charge in [-0.1, -0.05) is 41.9 Å². The van der Waals surface area contributed by atoms with Crippen molar-refractivity contribution in [2.75, 3.05) is 0 Å². The van der Waals surface area contributed by atoms with Crippen molar-refractivity contribution in [3.8, 4) is 0 Å². The molecule has 1 amide bonds. The van der Waals surface area contributed by atoms with Crippen molar-refractivity contribution in [3.05, 3.63) is 64.8 Å². The zero-order valence-corrected chi connectivity index (χ0v) is 13.6. The number of aromatic amines is 1. The number of hydrogen-bond donors (Lipinski definition) is 3. The predicted octanol–water partition coefficient (Wildman–Crippen LogP) is 2.73. The molecule has 0 fully saturated rings. The Kier molecular flexibility index (Phi) is 4.47. The van der Waals surface area contributed by atoms with Crippen LogP contribution in [-0.2, 0) is 17.5 Å². The van der Waals surface area contributed by atoms with Gasteiger partial charge >= 0.3 is 0 Å². The SMILES string of the molecule is NC(=O)c1[nH]c2ccc(Cl)cc2c1S(=O)NCc1ccccc1. The van der Waals surface area contributed by atoms with E-state index in [1.807, 2.05) is 30.3 Å². The van der Waals surface area contributed by atoms with Crippen LogP contribution in [0.3, 0.4) is 0 Å². The Morgan fingerprint density at radius 2 is 1.96 bits per heavy atom. The summed E-state index contributed by atoms with van der Waals surface area (Å²) in [5.41, 5.74) is 7.17. The zero-order valence-electron chi connectivity index (χ0n) is 12.0. The van der Waals surface area contributed by atoms with Crippen molar-refractivity contribution in [2.45, 2.75) is 11.4 Å². The number of benzene rings is 2. The van der Waals surface area contributed by atoms with Gasteiger partial charge in [0.05, 0.1) is 4.90 Å². The lowest BCUT2D eigenvalue weighted by Crippen LogP contribution is -2.21. The predicted molar refractivity (Wildman–Crippen MR) is 91.5 cm³/mol. The quantitative estimate of drug-likeness (QED) is 0.662. The summed E-state index contributed by atoms with van der Waals surface area (Å²) < 4.78 is 15.6. The molecule has 23 heavy (non-hydrogen) atoms. The van der Waals surface area contributed by atoms with Crippen molar-refractivity contribution in [2.24, 2.45) is 5.73 Å². The van der Waals surface area contributed by atoms with Crippen LogP contribution in [-0.4, -0.2) is 15.1 Å². The number of H-pyrrole nitrogens is 1. The Hall–Kier alpha value is -2.15. The van der Waals surface area contributed by atoms with Crippen molar-refractivity contribution in [3.63, 3.8) is 0 Å². The van der Waals surface area contributed by atoms with E-state index >= 15 is 0 Å². The van der Waals surface area contributed by atoms with Gasteiger partial charge in [-0.15, -0.1) is 0 Å². The normalized spacial score (nSPS) is 12.4. The molecule has 0 saturated carbocycles. The summed E-state index contributed by atoms with van der Waals surface area (Å²) in [6, 6.07) is 14.6. The molecule has 0 saturated heterocycles. The Labute approximate surface area is 140 Å². The van der Waals surface area contributed by atoms with Crippen molar-refractivity contribution in [1.82, 2.24) is 9.71 Å². The van der Waals surface area contributed by atoms with Crippen LogP contribution in [0.1, 0.15) is 16.1 Å². The van der Waals surface area contributed by atoms with Gasteiger partial charge < -0.3 is 10.7 Å². The number of carbonyl (C=O) groups excluding carboxylic acids is 1. The van der Waals surface area contributed by atoms with Crippen LogP contribution in [0.15, 0.2) is 53.4 Å². The molecule has 118 valence electrons. The first-order chi connectivity index (χ1) is 11.1. The first kappa shape index (κ1) is 15.7. The summed E-state index contributed by atoms with van der Waals surface area (Å²) in [6.07, 6.45) is 0. The average Bonchev–Trinajstić information content (AvgIpc) is 2.92. The molecule has 1 aromatic heterocycles. The molecule has 5 nitrogen and oxygen atoms in total. The van der Waals surface area contributed by atoms with Gasteiger partial charge in [0, 0.05) is 22.5 Å². The molecule has 3 rings (SSSR count). The van der Waals surface area contributed by atoms with Crippen LogP contribution >= 0.6 is 11.6 Å². The van der Waals surface area contributed by atoms with E-state index in [2.05, 4.69) is 9.71 Å². The van der Waals surface area contributed by atoms with E-state index in [4.69, 9.17) is 17.3 Å². The minimum atomic E-state index is -1.61. The van der Waals surface area contributed by atoms with Gasteiger partial charge in [0.15, 0.2) is 0 Å².